The van der Waals surface area contributed by atoms with Crippen LogP contribution in [0.5, 0.6) is 0 Å². The van der Waals surface area contributed by atoms with E-state index in [1.54, 1.807) is 18.2 Å². The van der Waals surface area contributed by atoms with Gasteiger partial charge in [0.1, 0.15) is 11.2 Å². The monoisotopic (exact) mass is 609 g/mol. The first-order chi connectivity index (χ1) is 20.6. The van der Waals surface area contributed by atoms with Crippen molar-refractivity contribution in [2.75, 3.05) is 46.5 Å². The molecule has 230 valence electrons. The van der Waals surface area contributed by atoms with E-state index in [4.69, 9.17) is 25.8 Å². The lowest BCUT2D eigenvalue weighted by molar-refractivity contribution is -0.0334. The lowest BCUT2D eigenvalue weighted by Crippen LogP contribution is -2.50. The van der Waals surface area contributed by atoms with Gasteiger partial charge in [-0.1, -0.05) is 17.7 Å². The van der Waals surface area contributed by atoms with Crippen molar-refractivity contribution in [2.24, 2.45) is 0 Å². The fraction of sp³-hybridized carbons (Fsp3) is 0.531. The van der Waals surface area contributed by atoms with Crippen LogP contribution in [0.1, 0.15) is 56.3 Å². The van der Waals surface area contributed by atoms with Crippen molar-refractivity contribution < 1.29 is 23.8 Å². The number of pyridine rings is 1. The summed E-state index contributed by atoms with van der Waals surface area (Å²) in [4.78, 5) is 40.5. The molecule has 1 unspecified atom stereocenters. The summed E-state index contributed by atoms with van der Waals surface area (Å²) < 4.78 is 17.3. The minimum absolute atomic E-state index is 0.0517. The number of hydrogen-bond acceptors (Lipinski definition) is 6. The van der Waals surface area contributed by atoms with Gasteiger partial charge in [0.25, 0.3) is 0 Å². The van der Waals surface area contributed by atoms with E-state index < -0.39 is 5.60 Å². The van der Waals surface area contributed by atoms with Gasteiger partial charge in [0, 0.05) is 63.2 Å². The number of hydrogen-bond donors (Lipinski definition) is 1. The molecular formula is C32H40ClN5O5. The van der Waals surface area contributed by atoms with Gasteiger partial charge in [0.15, 0.2) is 0 Å². The predicted molar refractivity (Wildman–Crippen MR) is 164 cm³/mol. The number of nitrogens with zero attached hydrogens (tertiary/aromatic N) is 4. The average Bonchev–Trinajstić information content (AvgIpc) is 3.38. The molecule has 1 aromatic carbocycles. The van der Waals surface area contributed by atoms with Crippen molar-refractivity contribution in [1.29, 1.82) is 0 Å². The molecule has 3 aliphatic rings. The molecule has 2 saturated heterocycles. The Morgan fingerprint density at radius 2 is 1.86 bits per heavy atom. The number of amides is 3. The van der Waals surface area contributed by atoms with Crippen LogP contribution in [0.2, 0.25) is 5.02 Å². The Hall–Kier alpha value is -3.34. The molecule has 5 heterocycles. The Morgan fingerprint density at radius 1 is 1.07 bits per heavy atom. The molecule has 43 heavy (non-hydrogen) atoms. The van der Waals surface area contributed by atoms with E-state index in [9.17, 15) is 9.59 Å². The fourth-order valence-corrected chi connectivity index (χ4v) is 6.54. The van der Waals surface area contributed by atoms with Crippen molar-refractivity contribution in [1.82, 2.24) is 24.7 Å². The second-order valence-electron chi connectivity index (χ2n) is 12.6. The van der Waals surface area contributed by atoms with E-state index in [-0.39, 0.29) is 24.3 Å². The van der Waals surface area contributed by atoms with Crippen LogP contribution in [0.15, 0.2) is 30.6 Å². The van der Waals surface area contributed by atoms with Gasteiger partial charge in [0.05, 0.1) is 30.4 Å². The molecule has 1 N–H and O–H groups in total. The first kappa shape index (κ1) is 29.7. The Kier molecular flexibility index (Phi) is 8.28. The number of morpholine rings is 1. The van der Waals surface area contributed by atoms with Crippen LogP contribution in [0, 0.1) is 0 Å². The SMILES string of the molecule is COC1CCN(C(=O)N2CCc3cc(-c4cnc5[nH]cc(Cl)c5c4)cc(C4COCCN4C(=O)OC(C)(C)C)c3C2)CC1. The van der Waals surface area contributed by atoms with Crippen LogP contribution in [-0.2, 0) is 27.2 Å². The standard InChI is InChI=1S/C32H40ClN5O5/c1-32(2,3)43-31(40)38-11-12-42-19-28(38)24-14-21(22-15-25-27(33)17-35-29(25)34-16-22)13-20-5-8-37(18-26(20)24)30(39)36-9-6-23(41-4)7-10-36/h13-17,23,28H,5-12,18-19H2,1-4H3,(H,34,35). The summed E-state index contributed by atoms with van der Waals surface area (Å²) in [7, 11) is 1.73. The van der Waals surface area contributed by atoms with Crippen LogP contribution in [0.3, 0.4) is 0 Å². The van der Waals surface area contributed by atoms with Crippen molar-refractivity contribution >= 4 is 34.8 Å². The molecule has 0 radical (unpaired) electrons. The number of urea groups is 1. The highest BCUT2D eigenvalue weighted by atomic mass is 35.5. The highest BCUT2D eigenvalue weighted by molar-refractivity contribution is 6.35. The zero-order valence-electron chi connectivity index (χ0n) is 25.3. The molecular weight excluding hydrogens is 570 g/mol. The lowest BCUT2D eigenvalue weighted by atomic mass is 9.87. The molecule has 2 fully saturated rings. The maximum Gasteiger partial charge on any atom is 0.410 e. The number of rotatable bonds is 3. The molecule has 11 heteroatoms. The van der Waals surface area contributed by atoms with E-state index in [2.05, 4.69) is 22.1 Å². The van der Waals surface area contributed by atoms with Gasteiger partial charge in [-0.2, -0.15) is 0 Å². The number of likely N-dealkylation sites (tertiary alicyclic amines) is 1. The predicted octanol–water partition coefficient (Wildman–Crippen LogP) is 5.78. The van der Waals surface area contributed by atoms with Crippen LogP contribution in [0.25, 0.3) is 22.2 Å². The summed E-state index contributed by atoms with van der Waals surface area (Å²) in [5.74, 6) is 0. The molecule has 0 aliphatic carbocycles. The topological polar surface area (TPSA) is 100 Å². The third-order valence-electron chi connectivity index (χ3n) is 8.62. The van der Waals surface area contributed by atoms with Gasteiger partial charge in [-0.25, -0.2) is 14.6 Å². The van der Waals surface area contributed by atoms with Gasteiger partial charge >= 0.3 is 12.1 Å². The summed E-state index contributed by atoms with van der Waals surface area (Å²) in [5, 5.41) is 1.46. The summed E-state index contributed by atoms with van der Waals surface area (Å²) in [5.41, 5.74) is 5.20. The van der Waals surface area contributed by atoms with Crippen molar-refractivity contribution in [3.63, 3.8) is 0 Å². The van der Waals surface area contributed by atoms with Gasteiger partial charge in [-0.3, -0.25) is 4.90 Å². The largest absolute Gasteiger partial charge is 0.444 e. The average molecular weight is 610 g/mol. The number of methoxy groups -OCH3 is 1. The van der Waals surface area contributed by atoms with E-state index >= 15 is 0 Å². The van der Waals surface area contributed by atoms with Crippen LogP contribution < -0.4 is 0 Å². The number of aromatic nitrogens is 2. The van der Waals surface area contributed by atoms with Crippen molar-refractivity contribution in [3.8, 4) is 11.1 Å². The summed E-state index contributed by atoms with van der Waals surface area (Å²) in [6, 6.07) is 6.04. The van der Waals surface area contributed by atoms with E-state index in [1.165, 1.54) is 0 Å². The molecule has 3 aliphatic heterocycles. The van der Waals surface area contributed by atoms with Gasteiger partial charge in [0.2, 0.25) is 0 Å². The molecule has 2 aromatic heterocycles. The Balaban J connectivity index is 1.38. The highest BCUT2D eigenvalue weighted by Crippen LogP contribution is 2.38. The number of benzene rings is 1. The van der Waals surface area contributed by atoms with Crippen molar-refractivity contribution in [2.45, 2.75) is 64.3 Å². The number of carbonyl (C=O) groups is 2. The first-order valence-electron chi connectivity index (χ1n) is 15.0. The molecule has 10 nitrogen and oxygen atoms in total. The van der Waals surface area contributed by atoms with Crippen LogP contribution >= 0.6 is 11.6 Å². The molecule has 0 spiro atoms. The number of nitrogens with one attached hydrogen (secondary N) is 1. The molecule has 6 rings (SSSR count). The highest BCUT2D eigenvalue weighted by Gasteiger charge is 2.36. The quantitative estimate of drug-likeness (QED) is 0.404. The maximum atomic E-state index is 13.7. The smallest absolute Gasteiger partial charge is 0.410 e. The second-order valence-corrected chi connectivity index (χ2v) is 13.0. The number of carbonyl (C=O) groups excluding carboxylic acids is 2. The molecule has 0 saturated carbocycles. The molecule has 0 bridgehead atoms. The number of H-pyrrole nitrogens is 1. The van der Waals surface area contributed by atoms with Crippen LogP contribution in [-0.4, -0.2) is 95.0 Å². The Morgan fingerprint density at radius 3 is 2.60 bits per heavy atom. The summed E-state index contributed by atoms with van der Waals surface area (Å²) in [6.45, 7) is 9.28. The summed E-state index contributed by atoms with van der Waals surface area (Å²) >= 11 is 6.44. The third kappa shape index (κ3) is 6.18. The molecule has 3 aromatic rings. The van der Waals surface area contributed by atoms with E-state index in [0.29, 0.717) is 57.4 Å². The normalized spacial score (nSPS) is 19.9. The number of ether oxygens (including phenoxy) is 3. The lowest BCUT2D eigenvalue weighted by Gasteiger charge is -2.41. The number of aromatic amines is 1. The van der Waals surface area contributed by atoms with Gasteiger partial charge in [-0.15, -0.1) is 0 Å². The zero-order chi connectivity index (χ0) is 30.3. The molecule has 1 atom stereocenters. The molecule has 3 amide bonds. The van der Waals surface area contributed by atoms with Gasteiger partial charge < -0.3 is 29.0 Å². The van der Waals surface area contributed by atoms with E-state index in [0.717, 1.165) is 51.7 Å². The minimum atomic E-state index is -0.627. The Bertz CT molecular complexity index is 1510. The third-order valence-corrected chi connectivity index (χ3v) is 8.94. The number of halogens is 1. The second kappa shape index (κ2) is 12.0. The van der Waals surface area contributed by atoms with Crippen LogP contribution in [0.4, 0.5) is 9.59 Å². The van der Waals surface area contributed by atoms with E-state index in [1.807, 2.05) is 42.8 Å². The zero-order valence-corrected chi connectivity index (χ0v) is 26.1. The Labute approximate surface area is 257 Å². The maximum absolute atomic E-state index is 13.7. The number of piperidine rings is 1. The van der Waals surface area contributed by atoms with Crippen molar-refractivity contribution in [3.05, 3.63) is 52.3 Å². The fourth-order valence-electron chi connectivity index (χ4n) is 6.34. The first-order valence-corrected chi connectivity index (χ1v) is 15.4. The number of fused-ring (bicyclic) bond motifs is 2. The minimum Gasteiger partial charge on any atom is -0.444 e. The van der Waals surface area contributed by atoms with Gasteiger partial charge in [-0.05, 0) is 74.4 Å². The summed E-state index contributed by atoms with van der Waals surface area (Å²) in [6.07, 6.45) is 5.80.